The van der Waals surface area contributed by atoms with Gasteiger partial charge in [0.2, 0.25) is 0 Å². The van der Waals surface area contributed by atoms with Crippen molar-refractivity contribution in [3.05, 3.63) is 0 Å². The largest absolute Gasteiger partial charge is 0.0654 e. The molecule has 0 fully saturated rings. The minimum atomic E-state index is 0.727. The Bertz CT molecular complexity index is 257. The molecule has 0 aliphatic carbocycles. The van der Waals surface area contributed by atoms with Crippen LogP contribution in [0.1, 0.15) is 143 Å². The summed E-state index contributed by atoms with van der Waals surface area (Å²) >= 11 is 0. The predicted octanol–water partition coefficient (Wildman–Crippen LogP) is 8.23. The lowest BCUT2D eigenvalue weighted by atomic mass is 9.81. The summed E-state index contributed by atoms with van der Waals surface area (Å²) in [7, 11) is 1.38. The Morgan fingerprint density at radius 2 is 0.920 bits per heavy atom. The van der Waals surface area contributed by atoms with Gasteiger partial charge in [0, 0.05) is 10.2 Å². The fourth-order valence-electron chi connectivity index (χ4n) is 4.46. The van der Waals surface area contributed by atoms with Crippen LogP contribution >= 0.6 is 0 Å². The van der Waals surface area contributed by atoms with Crippen LogP contribution in [0.2, 0.25) is 5.04 Å². The fourth-order valence-corrected chi connectivity index (χ4v) is 5.15. The first-order valence-corrected chi connectivity index (χ1v) is 13.1. The zero-order valence-electron chi connectivity index (χ0n) is 18.8. The fraction of sp³-hybridized carbons (Fsp3) is 1.00. The van der Waals surface area contributed by atoms with E-state index in [1.165, 1.54) is 126 Å². The number of unbranched alkanes of at least 4 members (excludes halogenated alkanes) is 13. The summed E-state index contributed by atoms with van der Waals surface area (Å²) < 4.78 is 0. The minimum Gasteiger partial charge on any atom is -0.0654 e. The average Bonchev–Trinajstić information content (AvgIpc) is 2.64. The molecule has 0 spiro atoms. The van der Waals surface area contributed by atoms with Gasteiger partial charge in [-0.05, 0) is 11.0 Å². The molecule has 1 unspecified atom stereocenters. The molecule has 0 amide bonds. The molecule has 25 heavy (non-hydrogen) atoms. The molecule has 0 bridgehead atoms. The van der Waals surface area contributed by atoms with Crippen LogP contribution < -0.4 is 0 Å². The summed E-state index contributed by atoms with van der Waals surface area (Å²) in [6.45, 7) is 9.57. The van der Waals surface area contributed by atoms with Crippen LogP contribution in [-0.2, 0) is 0 Å². The third-order valence-electron chi connectivity index (χ3n) is 7.00. The van der Waals surface area contributed by atoms with Gasteiger partial charge in [0.05, 0.1) is 0 Å². The Morgan fingerprint density at radius 3 is 1.24 bits per heavy atom. The van der Waals surface area contributed by atoms with Crippen LogP contribution in [0.3, 0.4) is 0 Å². The van der Waals surface area contributed by atoms with E-state index in [1.807, 2.05) is 0 Å². The molecule has 0 saturated carbocycles. The zero-order valence-corrected chi connectivity index (χ0v) is 20.8. The first-order chi connectivity index (χ1) is 12.1. The van der Waals surface area contributed by atoms with E-state index in [0.717, 1.165) is 11.0 Å². The molecular weight excluding hydrogens is 316 g/mol. The lowest BCUT2D eigenvalue weighted by Gasteiger charge is -2.36. The van der Waals surface area contributed by atoms with Crippen molar-refractivity contribution >= 4 is 10.2 Å². The highest BCUT2D eigenvalue weighted by Crippen LogP contribution is 2.43. The van der Waals surface area contributed by atoms with Gasteiger partial charge in [-0.15, -0.1) is 0 Å². The van der Waals surface area contributed by atoms with E-state index in [-0.39, 0.29) is 0 Å². The molecule has 0 radical (unpaired) electrons. The highest BCUT2D eigenvalue weighted by atomic mass is 28.1. The van der Waals surface area contributed by atoms with Crippen molar-refractivity contribution in [2.24, 2.45) is 5.92 Å². The van der Waals surface area contributed by atoms with E-state index in [2.05, 4.69) is 27.7 Å². The highest BCUT2D eigenvalue weighted by Gasteiger charge is 2.28. The molecule has 0 aromatic carbocycles. The number of hydrogen-bond acceptors (Lipinski definition) is 0. The van der Waals surface area contributed by atoms with Gasteiger partial charge in [-0.3, -0.25) is 0 Å². The average molecular weight is 369 g/mol. The highest BCUT2D eigenvalue weighted by molar-refractivity contribution is 6.15. The number of rotatable bonds is 19. The smallest absolute Gasteiger partial charge is 0.0110 e. The molecule has 152 valence electrons. The maximum Gasteiger partial charge on any atom is 0.0110 e. The van der Waals surface area contributed by atoms with Gasteiger partial charge >= 0.3 is 0 Å². The second-order valence-corrected chi connectivity index (χ2v) is 10.8. The van der Waals surface area contributed by atoms with E-state index < -0.39 is 0 Å². The topological polar surface area (TPSA) is 0 Å². The van der Waals surface area contributed by atoms with Crippen molar-refractivity contribution in [2.75, 3.05) is 0 Å². The summed E-state index contributed by atoms with van der Waals surface area (Å²) in [4.78, 5) is 0. The Labute approximate surface area is 164 Å². The van der Waals surface area contributed by atoms with E-state index >= 15 is 0 Å². The van der Waals surface area contributed by atoms with Gasteiger partial charge in [-0.25, -0.2) is 0 Å². The van der Waals surface area contributed by atoms with Crippen molar-refractivity contribution in [2.45, 2.75) is 148 Å². The van der Waals surface area contributed by atoms with Gasteiger partial charge in [0.25, 0.3) is 0 Å². The van der Waals surface area contributed by atoms with E-state index in [4.69, 9.17) is 0 Å². The third kappa shape index (κ3) is 13.1. The Balaban J connectivity index is 3.41. The van der Waals surface area contributed by atoms with Gasteiger partial charge in [-0.1, -0.05) is 143 Å². The van der Waals surface area contributed by atoms with Gasteiger partial charge < -0.3 is 0 Å². The number of hydrogen-bond donors (Lipinski definition) is 0. The van der Waals surface area contributed by atoms with Crippen molar-refractivity contribution in [3.63, 3.8) is 0 Å². The second kappa shape index (κ2) is 17.6. The molecule has 0 saturated heterocycles. The molecular formula is C24H52Si. The van der Waals surface area contributed by atoms with Crippen LogP contribution in [-0.4, -0.2) is 10.2 Å². The summed E-state index contributed by atoms with van der Waals surface area (Å²) in [5.74, 6) is 1.01. The molecule has 1 heteroatoms. The Kier molecular flexibility index (Phi) is 17.8. The molecule has 0 aromatic rings. The van der Waals surface area contributed by atoms with Crippen LogP contribution in [0.25, 0.3) is 0 Å². The SMILES string of the molecule is CCCCCCCCCCCCCCCCC(CC)C([SiH3])(CC)CC. The quantitative estimate of drug-likeness (QED) is 0.159. The molecule has 0 nitrogen and oxygen atoms in total. The van der Waals surface area contributed by atoms with Crippen molar-refractivity contribution < 1.29 is 0 Å². The molecule has 0 N–H and O–H groups in total. The lowest BCUT2D eigenvalue weighted by Crippen LogP contribution is -2.22. The third-order valence-corrected chi connectivity index (χ3v) is 9.23. The predicted molar refractivity (Wildman–Crippen MR) is 122 cm³/mol. The summed E-state index contributed by atoms with van der Waals surface area (Å²) in [6, 6.07) is 0. The van der Waals surface area contributed by atoms with Gasteiger partial charge in [0.1, 0.15) is 0 Å². The van der Waals surface area contributed by atoms with Crippen LogP contribution in [0, 0.1) is 5.92 Å². The van der Waals surface area contributed by atoms with E-state index in [0.29, 0.717) is 0 Å². The van der Waals surface area contributed by atoms with E-state index in [9.17, 15) is 0 Å². The minimum absolute atomic E-state index is 0.727. The van der Waals surface area contributed by atoms with Gasteiger partial charge in [-0.2, -0.15) is 0 Å². The first-order valence-electron chi connectivity index (χ1n) is 12.1. The van der Waals surface area contributed by atoms with Crippen LogP contribution in [0.4, 0.5) is 0 Å². The summed E-state index contributed by atoms with van der Waals surface area (Å²) in [5, 5.41) is 0.727. The first kappa shape index (κ1) is 25.2. The second-order valence-electron chi connectivity index (χ2n) is 8.85. The van der Waals surface area contributed by atoms with E-state index in [1.54, 1.807) is 0 Å². The normalized spacial score (nSPS) is 13.4. The standard InChI is InChI=1S/C24H52Si/c1-5-9-10-11-12-13-14-15-16-17-18-19-20-21-22-23(6-2)24(25,7-3)8-4/h23H,5-22H2,1-4,25H3. The zero-order chi connectivity index (χ0) is 18.8. The van der Waals surface area contributed by atoms with Crippen LogP contribution in [0.15, 0.2) is 0 Å². The summed E-state index contributed by atoms with van der Waals surface area (Å²) in [6.07, 6.45) is 26.3. The molecule has 0 aromatic heterocycles. The van der Waals surface area contributed by atoms with Gasteiger partial charge in [0.15, 0.2) is 0 Å². The Morgan fingerprint density at radius 1 is 0.560 bits per heavy atom. The van der Waals surface area contributed by atoms with Crippen molar-refractivity contribution in [1.82, 2.24) is 0 Å². The molecule has 0 aliphatic heterocycles. The maximum absolute atomic E-state index is 2.42. The van der Waals surface area contributed by atoms with Crippen molar-refractivity contribution in [1.29, 1.82) is 0 Å². The summed E-state index contributed by atoms with van der Waals surface area (Å²) in [5.41, 5.74) is 0. The lowest BCUT2D eigenvalue weighted by molar-refractivity contribution is 0.297. The van der Waals surface area contributed by atoms with Crippen molar-refractivity contribution in [3.8, 4) is 0 Å². The Hall–Kier alpha value is 0.217. The molecule has 0 aliphatic rings. The molecule has 0 heterocycles. The maximum atomic E-state index is 2.42. The molecule has 1 atom stereocenters. The van der Waals surface area contributed by atoms with Crippen LogP contribution in [0.5, 0.6) is 0 Å². The molecule has 0 rings (SSSR count). The monoisotopic (exact) mass is 368 g/mol.